The van der Waals surface area contributed by atoms with Crippen LogP contribution in [0.5, 0.6) is 0 Å². The molecule has 6 nitrogen and oxygen atoms in total. The minimum atomic E-state index is -0.259. The molecule has 2 aromatic heterocycles. The van der Waals surface area contributed by atoms with E-state index in [0.29, 0.717) is 16.4 Å². The molecule has 1 aromatic carbocycles. The zero-order chi connectivity index (χ0) is 15.5. The Bertz CT molecular complexity index is 782. The molecular weight excluding hydrogens is 350 g/mol. The minimum Gasteiger partial charge on any atom is -0.444 e. The summed E-state index contributed by atoms with van der Waals surface area (Å²) < 4.78 is 10.9. The second kappa shape index (κ2) is 6.15. The average molecular weight is 362 g/mol. The Morgan fingerprint density at radius 2 is 2.00 bits per heavy atom. The lowest BCUT2D eigenvalue weighted by molar-refractivity contribution is 0.0736. The SMILES string of the molecule is CN(Cc1nc(-c2ccccc2)no1)C(=O)c1ccc(Br)o1. The fourth-order valence-electron chi connectivity index (χ4n) is 1.92. The first kappa shape index (κ1) is 14.5. The number of amides is 1. The van der Waals surface area contributed by atoms with E-state index >= 15 is 0 Å². The number of hydrogen-bond donors (Lipinski definition) is 0. The summed E-state index contributed by atoms with van der Waals surface area (Å²) in [5.74, 6) is 0.847. The molecular formula is C15H12BrN3O3. The van der Waals surface area contributed by atoms with Gasteiger partial charge >= 0.3 is 0 Å². The Kier molecular flexibility index (Phi) is 4.06. The van der Waals surface area contributed by atoms with Crippen molar-refractivity contribution in [1.29, 1.82) is 0 Å². The van der Waals surface area contributed by atoms with Crippen molar-refractivity contribution < 1.29 is 13.7 Å². The fourth-order valence-corrected chi connectivity index (χ4v) is 2.22. The molecule has 0 spiro atoms. The minimum absolute atomic E-state index is 0.205. The van der Waals surface area contributed by atoms with Gasteiger partial charge in [-0.2, -0.15) is 4.98 Å². The van der Waals surface area contributed by atoms with Gasteiger partial charge in [0.15, 0.2) is 10.4 Å². The molecule has 0 aliphatic heterocycles. The van der Waals surface area contributed by atoms with Crippen molar-refractivity contribution in [2.24, 2.45) is 0 Å². The van der Waals surface area contributed by atoms with Crippen molar-refractivity contribution in [3.05, 3.63) is 58.8 Å². The van der Waals surface area contributed by atoms with Gasteiger partial charge in [0.05, 0.1) is 0 Å². The Morgan fingerprint density at radius 3 is 2.68 bits per heavy atom. The Labute approximate surface area is 134 Å². The van der Waals surface area contributed by atoms with Crippen molar-refractivity contribution >= 4 is 21.8 Å². The van der Waals surface area contributed by atoms with Gasteiger partial charge in [-0.05, 0) is 28.1 Å². The van der Waals surface area contributed by atoms with Crippen molar-refractivity contribution in [3.63, 3.8) is 0 Å². The number of nitrogens with zero attached hydrogens (tertiary/aromatic N) is 3. The van der Waals surface area contributed by atoms with Crippen molar-refractivity contribution in [2.75, 3.05) is 7.05 Å². The van der Waals surface area contributed by atoms with Gasteiger partial charge in [0.1, 0.15) is 6.54 Å². The molecule has 0 aliphatic rings. The molecule has 0 aliphatic carbocycles. The van der Waals surface area contributed by atoms with Crippen LogP contribution in [0, 0.1) is 0 Å². The molecule has 0 bridgehead atoms. The second-order valence-electron chi connectivity index (χ2n) is 4.64. The first-order valence-electron chi connectivity index (χ1n) is 6.52. The van der Waals surface area contributed by atoms with E-state index in [1.807, 2.05) is 30.3 Å². The maximum Gasteiger partial charge on any atom is 0.289 e. The van der Waals surface area contributed by atoms with E-state index in [9.17, 15) is 4.79 Å². The summed E-state index contributed by atoms with van der Waals surface area (Å²) in [7, 11) is 1.64. The van der Waals surface area contributed by atoms with Gasteiger partial charge in [-0.15, -0.1) is 0 Å². The van der Waals surface area contributed by atoms with Gasteiger partial charge in [-0.3, -0.25) is 4.79 Å². The normalized spacial score (nSPS) is 10.6. The van der Waals surface area contributed by atoms with Crippen molar-refractivity contribution in [3.8, 4) is 11.4 Å². The highest BCUT2D eigenvalue weighted by atomic mass is 79.9. The number of aromatic nitrogens is 2. The Morgan fingerprint density at radius 1 is 1.23 bits per heavy atom. The topological polar surface area (TPSA) is 72.4 Å². The van der Waals surface area contributed by atoms with Crippen LogP contribution in [0.1, 0.15) is 16.4 Å². The average Bonchev–Trinajstić information content (AvgIpc) is 3.16. The third-order valence-corrected chi connectivity index (χ3v) is 3.43. The number of benzene rings is 1. The number of carbonyl (C=O) groups is 1. The summed E-state index contributed by atoms with van der Waals surface area (Å²) in [6, 6.07) is 12.8. The summed E-state index contributed by atoms with van der Waals surface area (Å²) >= 11 is 3.17. The van der Waals surface area contributed by atoms with Crippen LogP contribution >= 0.6 is 15.9 Å². The molecule has 3 rings (SSSR count). The third kappa shape index (κ3) is 3.09. The van der Waals surface area contributed by atoms with Crippen molar-refractivity contribution in [2.45, 2.75) is 6.54 Å². The molecule has 0 N–H and O–H groups in total. The highest BCUT2D eigenvalue weighted by Crippen LogP contribution is 2.18. The summed E-state index contributed by atoms with van der Waals surface area (Å²) in [5.41, 5.74) is 0.862. The van der Waals surface area contributed by atoms with E-state index in [1.165, 1.54) is 4.90 Å². The highest BCUT2D eigenvalue weighted by Gasteiger charge is 2.18. The lowest BCUT2D eigenvalue weighted by Crippen LogP contribution is -2.25. The fraction of sp³-hybridized carbons (Fsp3) is 0.133. The predicted octanol–water partition coefficient (Wildman–Crippen LogP) is 3.36. The molecule has 0 atom stereocenters. The van der Waals surface area contributed by atoms with Crippen LogP contribution in [-0.4, -0.2) is 28.0 Å². The predicted molar refractivity (Wildman–Crippen MR) is 81.9 cm³/mol. The summed E-state index contributed by atoms with van der Waals surface area (Å²) in [6.07, 6.45) is 0. The van der Waals surface area contributed by atoms with Gasteiger partial charge in [0.25, 0.3) is 5.91 Å². The van der Waals surface area contributed by atoms with E-state index in [1.54, 1.807) is 19.2 Å². The number of rotatable bonds is 4. The van der Waals surface area contributed by atoms with Crippen LogP contribution in [0.15, 0.2) is 56.1 Å². The number of furan rings is 1. The summed E-state index contributed by atoms with van der Waals surface area (Å²) in [6.45, 7) is 0.205. The number of carbonyl (C=O) groups excluding carboxylic acids is 1. The van der Waals surface area contributed by atoms with Crippen LogP contribution in [-0.2, 0) is 6.54 Å². The molecule has 0 saturated carbocycles. The van der Waals surface area contributed by atoms with Gasteiger partial charge in [-0.1, -0.05) is 35.5 Å². The quantitative estimate of drug-likeness (QED) is 0.712. The largest absolute Gasteiger partial charge is 0.444 e. The zero-order valence-corrected chi connectivity index (χ0v) is 13.3. The van der Waals surface area contributed by atoms with Crippen LogP contribution in [0.25, 0.3) is 11.4 Å². The van der Waals surface area contributed by atoms with Gasteiger partial charge in [-0.25, -0.2) is 0 Å². The van der Waals surface area contributed by atoms with Crippen LogP contribution in [0.4, 0.5) is 0 Å². The van der Waals surface area contributed by atoms with E-state index in [2.05, 4.69) is 26.1 Å². The Balaban J connectivity index is 1.71. The molecule has 112 valence electrons. The smallest absolute Gasteiger partial charge is 0.289 e. The van der Waals surface area contributed by atoms with E-state index in [0.717, 1.165) is 5.56 Å². The third-order valence-electron chi connectivity index (χ3n) is 3.00. The van der Waals surface area contributed by atoms with E-state index < -0.39 is 0 Å². The zero-order valence-electron chi connectivity index (χ0n) is 11.7. The summed E-state index contributed by atoms with van der Waals surface area (Å²) in [4.78, 5) is 17.9. The molecule has 3 aromatic rings. The maximum atomic E-state index is 12.2. The number of hydrogen-bond acceptors (Lipinski definition) is 5. The summed E-state index contributed by atoms with van der Waals surface area (Å²) in [5, 5.41) is 3.92. The molecule has 0 unspecified atom stereocenters. The molecule has 0 fully saturated rings. The van der Waals surface area contributed by atoms with Crippen molar-refractivity contribution in [1.82, 2.24) is 15.0 Å². The monoisotopic (exact) mass is 361 g/mol. The second-order valence-corrected chi connectivity index (χ2v) is 5.42. The van der Waals surface area contributed by atoms with Crippen LogP contribution in [0.2, 0.25) is 0 Å². The highest BCUT2D eigenvalue weighted by molar-refractivity contribution is 9.10. The first-order chi connectivity index (χ1) is 10.6. The van der Waals surface area contributed by atoms with E-state index in [4.69, 9.17) is 8.94 Å². The van der Waals surface area contributed by atoms with Gasteiger partial charge in [0, 0.05) is 12.6 Å². The molecule has 2 heterocycles. The number of halogens is 1. The van der Waals surface area contributed by atoms with E-state index in [-0.39, 0.29) is 18.2 Å². The molecule has 22 heavy (non-hydrogen) atoms. The molecule has 1 amide bonds. The molecule has 0 radical (unpaired) electrons. The first-order valence-corrected chi connectivity index (χ1v) is 7.31. The molecule has 0 saturated heterocycles. The lowest BCUT2D eigenvalue weighted by atomic mass is 10.2. The van der Waals surface area contributed by atoms with Gasteiger partial charge in [0.2, 0.25) is 11.7 Å². The maximum absolute atomic E-state index is 12.2. The molecule has 7 heteroatoms. The van der Waals surface area contributed by atoms with Gasteiger partial charge < -0.3 is 13.8 Å². The lowest BCUT2D eigenvalue weighted by Gasteiger charge is -2.12. The standard InChI is InChI=1S/C15H12BrN3O3/c1-19(15(20)11-7-8-12(16)21-11)9-13-17-14(18-22-13)10-5-3-2-4-6-10/h2-8H,9H2,1H3. The van der Waals surface area contributed by atoms with Crippen LogP contribution in [0.3, 0.4) is 0 Å². The Hall–Kier alpha value is -2.41. The van der Waals surface area contributed by atoms with Crippen LogP contribution < -0.4 is 0 Å².